The Kier molecular flexibility index (Phi) is 4.64. The third-order valence-corrected chi connectivity index (χ3v) is 3.61. The zero-order chi connectivity index (χ0) is 14.5. The minimum atomic E-state index is 0.155. The van der Waals surface area contributed by atoms with Gasteiger partial charge in [-0.3, -0.25) is 0 Å². The van der Waals surface area contributed by atoms with Crippen LogP contribution in [0.2, 0.25) is 0 Å². The van der Waals surface area contributed by atoms with E-state index >= 15 is 0 Å². The van der Waals surface area contributed by atoms with Crippen molar-refractivity contribution in [3.63, 3.8) is 0 Å². The summed E-state index contributed by atoms with van der Waals surface area (Å²) in [6, 6.07) is 16.7. The maximum atomic E-state index is 5.98. The minimum Gasteiger partial charge on any atom is -0.497 e. The van der Waals surface area contributed by atoms with Crippen LogP contribution in [-0.2, 0) is 0 Å². The summed E-state index contributed by atoms with van der Waals surface area (Å²) < 4.78 is 5.28. The first kappa shape index (κ1) is 14.4. The minimum absolute atomic E-state index is 0.155. The number of likely N-dealkylation sites (N-methyl/N-ethyl adjacent to an activating group) is 1. The Morgan fingerprint density at radius 2 is 1.85 bits per heavy atom. The highest BCUT2D eigenvalue weighted by molar-refractivity contribution is 5.52. The Bertz CT molecular complexity index is 551. The van der Waals surface area contributed by atoms with Gasteiger partial charge in [0.05, 0.1) is 13.2 Å². The van der Waals surface area contributed by atoms with Gasteiger partial charge < -0.3 is 15.4 Å². The molecule has 2 N–H and O–H groups in total. The van der Waals surface area contributed by atoms with Crippen LogP contribution >= 0.6 is 0 Å². The highest BCUT2D eigenvalue weighted by atomic mass is 16.5. The zero-order valence-corrected chi connectivity index (χ0v) is 12.3. The van der Waals surface area contributed by atoms with Crippen molar-refractivity contribution in [2.45, 2.75) is 13.0 Å². The average molecular weight is 270 g/mol. The van der Waals surface area contributed by atoms with Crippen LogP contribution in [0.25, 0.3) is 0 Å². The number of hydrogen-bond donors (Lipinski definition) is 1. The lowest BCUT2D eigenvalue weighted by molar-refractivity contribution is 0.414. The second kappa shape index (κ2) is 6.44. The third kappa shape index (κ3) is 3.11. The molecule has 0 aromatic heterocycles. The van der Waals surface area contributed by atoms with Gasteiger partial charge in [0.15, 0.2) is 0 Å². The number of aryl methyl sites for hydroxylation is 1. The lowest BCUT2D eigenvalue weighted by atomic mass is 10.0. The van der Waals surface area contributed by atoms with E-state index in [0.29, 0.717) is 6.54 Å². The van der Waals surface area contributed by atoms with Gasteiger partial charge in [-0.25, -0.2) is 0 Å². The number of benzene rings is 2. The van der Waals surface area contributed by atoms with Crippen LogP contribution in [0.4, 0.5) is 5.69 Å². The molecule has 0 spiro atoms. The number of rotatable bonds is 5. The van der Waals surface area contributed by atoms with E-state index in [9.17, 15) is 0 Å². The first-order chi connectivity index (χ1) is 9.65. The van der Waals surface area contributed by atoms with Crippen molar-refractivity contribution in [2.75, 3.05) is 25.6 Å². The first-order valence-corrected chi connectivity index (χ1v) is 6.79. The molecule has 1 unspecified atom stereocenters. The smallest absolute Gasteiger partial charge is 0.120 e. The molecule has 2 aromatic rings. The summed E-state index contributed by atoms with van der Waals surface area (Å²) in [7, 11) is 3.74. The second-order valence-corrected chi connectivity index (χ2v) is 4.97. The van der Waals surface area contributed by atoms with Crippen LogP contribution in [0, 0.1) is 6.92 Å². The van der Waals surface area contributed by atoms with Gasteiger partial charge in [-0.05, 0) is 24.6 Å². The molecule has 0 radical (unpaired) electrons. The normalized spacial score (nSPS) is 12.0. The molecule has 0 fully saturated rings. The fraction of sp³-hybridized carbons (Fsp3) is 0.294. The quantitative estimate of drug-likeness (QED) is 0.907. The van der Waals surface area contributed by atoms with Crippen LogP contribution in [0.5, 0.6) is 5.75 Å². The van der Waals surface area contributed by atoms with E-state index in [1.54, 1.807) is 7.11 Å². The summed E-state index contributed by atoms with van der Waals surface area (Å²) in [5, 5.41) is 0. The summed E-state index contributed by atoms with van der Waals surface area (Å²) in [6.45, 7) is 2.66. The molecule has 0 heterocycles. The molecule has 1 atom stereocenters. The van der Waals surface area contributed by atoms with Crippen molar-refractivity contribution < 1.29 is 4.74 Å². The predicted octanol–water partition coefficient (Wildman–Crippen LogP) is 3.14. The van der Waals surface area contributed by atoms with Crippen LogP contribution < -0.4 is 15.4 Å². The van der Waals surface area contributed by atoms with E-state index in [1.807, 2.05) is 18.2 Å². The number of methoxy groups -OCH3 is 1. The molecule has 0 aliphatic carbocycles. The van der Waals surface area contributed by atoms with Crippen molar-refractivity contribution in [3.05, 3.63) is 59.7 Å². The van der Waals surface area contributed by atoms with E-state index < -0.39 is 0 Å². The number of hydrogen-bond acceptors (Lipinski definition) is 3. The lowest BCUT2D eigenvalue weighted by Gasteiger charge is -2.29. The predicted molar refractivity (Wildman–Crippen MR) is 84.4 cm³/mol. The van der Waals surface area contributed by atoms with Crippen LogP contribution in [0.15, 0.2) is 48.5 Å². The second-order valence-electron chi connectivity index (χ2n) is 4.97. The molecule has 0 saturated heterocycles. The summed E-state index contributed by atoms with van der Waals surface area (Å²) in [6.07, 6.45) is 0. The Morgan fingerprint density at radius 3 is 2.45 bits per heavy atom. The van der Waals surface area contributed by atoms with Gasteiger partial charge in [0.25, 0.3) is 0 Å². The van der Waals surface area contributed by atoms with Gasteiger partial charge >= 0.3 is 0 Å². The molecular formula is C17H22N2O. The highest BCUT2D eigenvalue weighted by Gasteiger charge is 2.16. The van der Waals surface area contributed by atoms with Gasteiger partial charge in [0.2, 0.25) is 0 Å². The lowest BCUT2D eigenvalue weighted by Crippen LogP contribution is -2.30. The molecule has 3 heteroatoms. The molecule has 106 valence electrons. The maximum Gasteiger partial charge on any atom is 0.120 e. The van der Waals surface area contributed by atoms with Crippen molar-refractivity contribution in [1.29, 1.82) is 0 Å². The fourth-order valence-corrected chi connectivity index (χ4v) is 2.32. The molecule has 0 saturated carbocycles. The average Bonchev–Trinajstić information content (AvgIpc) is 2.50. The Morgan fingerprint density at radius 1 is 1.15 bits per heavy atom. The Balaban J connectivity index is 2.28. The van der Waals surface area contributed by atoms with Crippen molar-refractivity contribution >= 4 is 5.69 Å². The van der Waals surface area contributed by atoms with Crippen molar-refractivity contribution in [3.8, 4) is 5.75 Å². The summed E-state index contributed by atoms with van der Waals surface area (Å²) >= 11 is 0. The molecular weight excluding hydrogens is 248 g/mol. The summed E-state index contributed by atoms with van der Waals surface area (Å²) in [5.74, 6) is 0.856. The number of nitrogens with two attached hydrogens (primary N) is 1. The SMILES string of the molecule is COc1cccc(N(C)C(CN)c2ccc(C)cc2)c1. The number of nitrogens with zero attached hydrogens (tertiary/aromatic N) is 1. The van der Waals surface area contributed by atoms with Gasteiger partial charge in [0, 0.05) is 25.3 Å². The van der Waals surface area contributed by atoms with Crippen LogP contribution in [-0.4, -0.2) is 20.7 Å². The number of ether oxygens (including phenoxy) is 1. The monoisotopic (exact) mass is 270 g/mol. The van der Waals surface area contributed by atoms with Crippen LogP contribution in [0.1, 0.15) is 17.2 Å². The molecule has 0 bridgehead atoms. The van der Waals surface area contributed by atoms with E-state index in [1.165, 1.54) is 11.1 Å². The van der Waals surface area contributed by atoms with Gasteiger partial charge in [-0.1, -0.05) is 35.9 Å². The van der Waals surface area contributed by atoms with Gasteiger partial charge in [0.1, 0.15) is 5.75 Å². The van der Waals surface area contributed by atoms with Gasteiger partial charge in [-0.2, -0.15) is 0 Å². The molecule has 0 aliphatic heterocycles. The number of anilines is 1. The standard InChI is InChI=1S/C17H22N2O/c1-13-7-9-14(10-8-13)17(12-18)19(2)15-5-4-6-16(11-15)20-3/h4-11,17H,12,18H2,1-3H3. The fourth-order valence-electron chi connectivity index (χ4n) is 2.32. The molecule has 20 heavy (non-hydrogen) atoms. The molecule has 3 nitrogen and oxygen atoms in total. The summed E-state index contributed by atoms with van der Waals surface area (Å²) in [5.41, 5.74) is 9.56. The van der Waals surface area contributed by atoms with E-state index in [2.05, 4.69) is 49.2 Å². The van der Waals surface area contributed by atoms with E-state index in [4.69, 9.17) is 10.5 Å². The molecule has 0 amide bonds. The summed E-state index contributed by atoms with van der Waals surface area (Å²) in [4.78, 5) is 2.19. The Hall–Kier alpha value is -2.00. The molecule has 2 rings (SSSR count). The largest absolute Gasteiger partial charge is 0.497 e. The van der Waals surface area contributed by atoms with Crippen LogP contribution in [0.3, 0.4) is 0 Å². The van der Waals surface area contributed by atoms with Gasteiger partial charge in [-0.15, -0.1) is 0 Å². The van der Waals surface area contributed by atoms with E-state index in [0.717, 1.165) is 11.4 Å². The third-order valence-electron chi connectivity index (χ3n) is 3.61. The zero-order valence-electron chi connectivity index (χ0n) is 12.3. The first-order valence-electron chi connectivity index (χ1n) is 6.79. The Labute approximate surface area is 121 Å². The molecule has 2 aromatic carbocycles. The van der Waals surface area contributed by atoms with Crippen molar-refractivity contribution in [1.82, 2.24) is 0 Å². The maximum absolute atomic E-state index is 5.98. The van der Waals surface area contributed by atoms with Crippen molar-refractivity contribution in [2.24, 2.45) is 5.73 Å². The van der Waals surface area contributed by atoms with E-state index in [-0.39, 0.29) is 6.04 Å². The highest BCUT2D eigenvalue weighted by Crippen LogP contribution is 2.27. The molecule has 0 aliphatic rings. The topological polar surface area (TPSA) is 38.5 Å².